The van der Waals surface area contributed by atoms with Gasteiger partial charge in [-0.25, -0.2) is 14.6 Å². The van der Waals surface area contributed by atoms with Crippen LogP contribution in [0.1, 0.15) is 25.7 Å². The molecule has 0 fully saturated rings. The molecule has 0 aromatic carbocycles. The van der Waals surface area contributed by atoms with Crippen molar-refractivity contribution in [2.45, 2.75) is 26.5 Å². The van der Waals surface area contributed by atoms with E-state index in [1.54, 1.807) is 18.3 Å². The summed E-state index contributed by atoms with van der Waals surface area (Å²) in [6.07, 6.45) is 3.11. The highest BCUT2D eigenvalue weighted by atomic mass is 35.5. The summed E-state index contributed by atoms with van der Waals surface area (Å²) < 4.78 is 7.37. The Morgan fingerprint density at radius 2 is 2.18 bits per heavy atom. The van der Waals surface area contributed by atoms with E-state index in [9.17, 15) is 0 Å². The number of nitrogens with zero attached hydrogens (tertiary/aromatic N) is 4. The van der Waals surface area contributed by atoms with E-state index in [2.05, 4.69) is 15.1 Å². The van der Waals surface area contributed by atoms with E-state index in [-0.39, 0.29) is 6.04 Å². The van der Waals surface area contributed by atoms with E-state index >= 15 is 0 Å². The van der Waals surface area contributed by atoms with Gasteiger partial charge >= 0.3 is 0 Å². The van der Waals surface area contributed by atoms with Gasteiger partial charge in [-0.1, -0.05) is 11.6 Å². The quantitative estimate of drug-likeness (QED) is 0.785. The number of hydrogen-bond donors (Lipinski definition) is 0. The van der Waals surface area contributed by atoms with E-state index in [0.29, 0.717) is 17.5 Å². The lowest BCUT2D eigenvalue weighted by molar-refractivity contribution is 0.281. The van der Waals surface area contributed by atoms with Crippen LogP contribution in [0.4, 0.5) is 0 Å². The molecule has 0 radical (unpaired) electrons. The van der Waals surface area contributed by atoms with Gasteiger partial charge in [0.25, 0.3) is 0 Å². The lowest BCUT2D eigenvalue weighted by atomic mass is 10.4. The molecule has 0 bridgehead atoms. The monoisotopic (exact) mass is 252 g/mol. The zero-order chi connectivity index (χ0) is 12.3. The first-order chi connectivity index (χ1) is 8.16. The van der Waals surface area contributed by atoms with Gasteiger partial charge in [-0.3, -0.25) is 0 Å². The second kappa shape index (κ2) is 5.14. The Bertz CT molecular complexity index is 480. The fourth-order valence-corrected chi connectivity index (χ4v) is 1.52. The number of hydrogen-bond acceptors (Lipinski definition) is 4. The van der Waals surface area contributed by atoms with Crippen molar-refractivity contribution in [1.82, 2.24) is 19.7 Å². The topological polar surface area (TPSA) is 52.8 Å². The summed E-state index contributed by atoms with van der Waals surface area (Å²) in [5, 5.41) is 4.58. The van der Waals surface area contributed by atoms with Crippen LogP contribution in [0.3, 0.4) is 0 Å². The maximum Gasteiger partial charge on any atom is 0.165 e. The number of rotatable bonds is 4. The number of halogens is 1. The smallest absolute Gasteiger partial charge is 0.165 e. The van der Waals surface area contributed by atoms with Gasteiger partial charge < -0.3 is 4.74 Å². The fourth-order valence-electron chi connectivity index (χ4n) is 1.40. The van der Waals surface area contributed by atoms with Gasteiger partial charge in [-0.05, 0) is 26.0 Å². The van der Waals surface area contributed by atoms with Crippen LogP contribution < -0.4 is 4.74 Å². The van der Waals surface area contributed by atoms with Gasteiger partial charge in [-0.15, -0.1) is 0 Å². The molecule has 0 aliphatic rings. The lowest BCUT2D eigenvalue weighted by Gasteiger charge is -2.10. The molecule has 0 saturated carbocycles. The molecular formula is C11H13ClN4O. The first kappa shape index (κ1) is 11.9. The Labute approximate surface area is 104 Å². The predicted octanol–water partition coefficient (Wildman–Crippen LogP) is 2.49. The van der Waals surface area contributed by atoms with Gasteiger partial charge in [0.15, 0.2) is 5.82 Å². The van der Waals surface area contributed by atoms with Crippen LogP contribution >= 0.6 is 11.6 Å². The summed E-state index contributed by atoms with van der Waals surface area (Å²) in [5.74, 6) is 1.45. The molecule has 2 rings (SSSR count). The Morgan fingerprint density at radius 3 is 2.82 bits per heavy atom. The molecule has 2 heterocycles. The van der Waals surface area contributed by atoms with Gasteiger partial charge in [-0.2, -0.15) is 5.10 Å². The van der Waals surface area contributed by atoms with Gasteiger partial charge in [0.2, 0.25) is 0 Å². The van der Waals surface area contributed by atoms with E-state index in [1.807, 2.05) is 18.5 Å². The first-order valence-corrected chi connectivity index (χ1v) is 5.67. The normalized spacial score (nSPS) is 10.8. The minimum Gasteiger partial charge on any atom is -0.484 e. The molecule has 17 heavy (non-hydrogen) atoms. The van der Waals surface area contributed by atoms with Crippen LogP contribution in [0.5, 0.6) is 5.75 Å². The van der Waals surface area contributed by atoms with Gasteiger partial charge in [0.05, 0.1) is 6.20 Å². The zero-order valence-electron chi connectivity index (χ0n) is 9.67. The van der Waals surface area contributed by atoms with Crippen molar-refractivity contribution in [3.63, 3.8) is 0 Å². The molecule has 0 unspecified atom stereocenters. The van der Waals surface area contributed by atoms with Crippen LogP contribution in [0.2, 0.25) is 5.15 Å². The van der Waals surface area contributed by atoms with Crippen molar-refractivity contribution >= 4 is 11.6 Å². The fraction of sp³-hybridized carbons (Fsp3) is 0.364. The van der Waals surface area contributed by atoms with Crippen molar-refractivity contribution in [2.24, 2.45) is 0 Å². The van der Waals surface area contributed by atoms with Crippen LogP contribution in [0, 0.1) is 0 Å². The average molecular weight is 253 g/mol. The molecule has 0 N–H and O–H groups in total. The highest BCUT2D eigenvalue weighted by Crippen LogP contribution is 2.14. The Morgan fingerprint density at radius 1 is 1.35 bits per heavy atom. The molecular weight excluding hydrogens is 240 g/mol. The summed E-state index contributed by atoms with van der Waals surface area (Å²) in [5.41, 5.74) is 0. The number of pyridine rings is 1. The summed E-state index contributed by atoms with van der Waals surface area (Å²) in [6, 6.07) is 3.72. The second-order valence-corrected chi connectivity index (χ2v) is 4.21. The highest BCUT2D eigenvalue weighted by Gasteiger charge is 2.08. The molecule has 0 saturated heterocycles. The Kier molecular flexibility index (Phi) is 3.58. The van der Waals surface area contributed by atoms with Crippen molar-refractivity contribution in [1.29, 1.82) is 0 Å². The van der Waals surface area contributed by atoms with Crippen molar-refractivity contribution in [3.8, 4) is 5.75 Å². The third-order valence-electron chi connectivity index (χ3n) is 2.20. The minimum absolute atomic E-state index is 0.263. The predicted molar refractivity (Wildman–Crippen MR) is 64.0 cm³/mol. The van der Waals surface area contributed by atoms with Crippen molar-refractivity contribution < 1.29 is 4.74 Å². The third kappa shape index (κ3) is 2.94. The molecule has 5 nitrogen and oxygen atoms in total. The molecule has 2 aromatic heterocycles. The summed E-state index contributed by atoms with van der Waals surface area (Å²) in [6.45, 7) is 4.45. The van der Waals surface area contributed by atoms with Crippen LogP contribution in [-0.4, -0.2) is 19.7 Å². The number of aromatic nitrogens is 4. The zero-order valence-corrected chi connectivity index (χ0v) is 10.4. The first-order valence-electron chi connectivity index (χ1n) is 5.29. The van der Waals surface area contributed by atoms with Crippen molar-refractivity contribution in [2.75, 3.05) is 0 Å². The van der Waals surface area contributed by atoms with E-state index in [0.717, 1.165) is 5.82 Å². The second-order valence-electron chi connectivity index (χ2n) is 3.82. The van der Waals surface area contributed by atoms with Crippen LogP contribution in [0.25, 0.3) is 0 Å². The van der Waals surface area contributed by atoms with Gasteiger partial charge in [0, 0.05) is 6.04 Å². The molecule has 0 aliphatic heterocycles. The Hall–Kier alpha value is -1.62. The SMILES string of the molecule is CC(C)n1ncnc1COc1ccc(Cl)nc1. The minimum atomic E-state index is 0.263. The van der Waals surface area contributed by atoms with Crippen LogP contribution in [0.15, 0.2) is 24.7 Å². The van der Waals surface area contributed by atoms with E-state index in [4.69, 9.17) is 16.3 Å². The maximum absolute atomic E-state index is 5.69. The van der Waals surface area contributed by atoms with Crippen LogP contribution in [-0.2, 0) is 6.61 Å². The third-order valence-corrected chi connectivity index (χ3v) is 2.43. The molecule has 90 valence electrons. The molecule has 0 spiro atoms. The summed E-state index contributed by atoms with van der Waals surface area (Å²) >= 11 is 5.69. The maximum atomic E-state index is 5.69. The van der Waals surface area contributed by atoms with Crippen molar-refractivity contribution in [3.05, 3.63) is 35.6 Å². The molecule has 0 atom stereocenters. The van der Waals surface area contributed by atoms with Gasteiger partial charge in [0.1, 0.15) is 23.8 Å². The lowest BCUT2D eigenvalue weighted by Crippen LogP contribution is -2.10. The molecule has 0 amide bonds. The standard InChI is InChI=1S/C11H13ClN4O/c1-8(2)16-11(14-7-15-16)6-17-9-3-4-10(12)13-5-9/h3-5,7-8H,6H2,1-2H3. The average Bonchev–Trinajstić information content (AvgIpc) is 2.76. The Balaban J connectivity index is 2.02. The largest absolute Gasteiger partial charge is 0.484 e. The molecule has 0 aliphatic carbocycles. The number of ether oxygens (including phenoxy) is 1. The van der Waals surface area contributed by atoms with E-state index in [1.165, 1.54) is 6.33 Å². The van der Waals surface area contributed by atoms with E-state index < -0.39 is 0 Å². The highest BCUT2D eigenvalue weighted by molar-refractivity contribution is 6.29. The summed E-state index contributed by atoms with van der Waals surface area (Å²) in [4.78, 5) is 8.08. The molecule has 2 aromatic rings. The summed E-state index contributed by atoms with van der Waals surface area (Å²) in [7, 11) is 0. The molecule has 6 heteroatoms.